The monoisotopic (exact) mass is 304 g/mol. The molecular weight excluding hydrogens is 284 g/mol. The van der Waals surface area contributed by atoms with Crippen LogP contribution in [0, 0.1) is 0 Å². The molecule has 0 aliphatic heterocycles. The van der Waals surface area contributed by atoms with Crippen LogP contribution in [-0.4, -0.2) is 6.61 Å². The minimum absolute atomic E-state index is 0.0256. The maximum atomic E-state index is 6.16. The summed E-state index contributed by atoms with van der Waals surface area (Å²) in [6, 6.07) is 30.1. The molecule has 0 fully saturated rings. The number of rotatable bonds is 7. The summed E-state index contributed by atoms with van der Waals surface area (Å²) in [6.07, 6.45) is 0.760. The van der Waals surface area contributed by atoms with Crippen molar-refractivity contribution in [1.29, 1.82) is 0 Å². The van der Waals surface area contributed by atoms with Gasteiger partial charge in [0.25, 0.3) is 0 Å². The van der Waals surface area contributed by atoms with Gasteiger partial charge in [0.15, 0.2) is 0 Å². The molecule has 0 radical (unpaired) electrons. The fourth-order valence-electron chi connectivity index (χ4n) is 2.43. The van der Waals surface area contributed by atoms with Gasteiger partial charge in [-0.1, -0.05) is 66.7 Å². The molecular formula is C21H20O2. The van der Waals surface area contributed by atoms with E-state index < -0.39 is 0 Å². The molecule has 3 aromatic carbocycles. The number of hydrogen-bond donors (Lipinski definition) is 0. The van der Waals surface area contributed by atoms with Crippen molar-refractivity contribution in [2.45, 2.75) is 12.5 Å². The van der Waals surface area contributed by atoms with Gasteiger partial charge in [-0.05, 0) is 29.8 Å². The first-order valence-corrected chi connectivity index (χ1v) is 7.86. The van der Waals surface area contributed by atoms with E-state index in [2.05, 4.69) is 12.1 Å². The molecule has 0 N–H and O–H groups in total. The van der Waals surface area contributed by atoms with Crippen LogP contribution in [0.25, 0.3) is 0 Å². The number of para-hydroxylation sites is 2. The molecule has 2 heteroatoms. The molecule has 1 atom stereocenters. The molecule has 0 aliphatic carbocycles. The Labute approximate surface area is 137 Å². The van der Waals surface area contributed by atoms with Crippen LogP contribution >= 0.6 is 0 Å². The summed E-state index contributed by atoms with van der Waals surface area (Å²) in [5.41, 5.74) is 1.16. The van der Waals surface area contributed by atoms with Crippen LogP contribution < -0.4 is 9.47 Å². The quantitative estimate of drug-likeness (QED) is 0.591. The second kappa shape index (κ2) is 8.04. The molecule has 0 spiro atoms. The molecule has 3 rings (SSSR count). The molecule has 0 bridgehead atoms. The van der Waals surface area contributed by atoms with Crippen molar-refractivity contribution in [3.63, 3.8) is 0 Å². The molecule has 0 saturated heterocycles. The Kier molecular flexibility index (Phi) is 5.30. The summed E-state index contributed by atoms with van der Waals surface area (Å²) in [4.78, 5) is 0. The predicted molar refractivity (Wildman–Crippen MR) is 92.8 cm³/mol. The number of benzene rings is 3. The number of hydrogen-bond acceptors (Lipinski definition) is 2. The van der Waals surface area contributed by atoms with Crippen molar-refractivity contribution in [2.75, 3.05) is 6.61 Å². The minimum atomic E-state index is -0.0256. The maximum Gasteiger partial charge on any atom is 0.127 e. The van der Waals surface area contributed by atoms with Gasteiger partial charge in [-0.3, -0.25) is 0 Å². The lowest BCUT2D eigenvalue weighted by Gasteiger charge is -2.20. The highest BCUT2D eigenvalue weighted by Crippen LogP contribution is 2.25. The van der Waals surface area contributed by atoms with Crippen LogP contribution in [0.1, 0.15) is 18.1 Å². The second-order valence-electron chi connectivity index (χ2n) is 5.28. The van der Waals surface area contributed by atoms with Crippen LogP contribution in [-0.2, 0) is 0 Å². The van der Waals surface area contributed by atoms with Gasteiger partial charge >= 0.3 is 0 Å². The Hall–Kier alpha value is -2.74. The van der Waals surface area contributed by atoms with E-state index in [1.807, 2.05) is 78.9 Å². The largest absolute Gasteiger partial charge is 0.493 e. The van der Waals surface area contributed by atoms with Crippen molar-refractivity contribution in [1.82, 2.24) is 0 Å². The Balaban J connectivity index is 1.65. The van der Waals surface area contributed by atoms with Gasteiger partial charge in [-0.25, -0.2) is 0 Å². The fourth-order valence-corrected chi connectivity index (χ4v) is 2.43. The molecule has 1 unspecified atom stereocenters. The summed E-state index contributed by atoms with van der Waals surface area (Å²) in [7, 11) is 0. The summed E-state index contributed by atoms with van der Waals surface area (Å²) >= 11 is 0. The molecule has 3 aromatic rings. The second-order valence-corrected chi connectivity index (χ2v) is 5.28. The zero-order valence-corrected chi connectivity index (χ0v) is 13.0. The molecule has 2 nitrogen and oxygen atoms in total. The van der Waals surface area contributed by atoms with E-state index >= 15 is 0 Å². The first-order chi connectivity index (χ1) is 11.4. The highest BCUT2D eigenvalue weighted by Gasteiger charge is 2.13. The van der Waals surface area contributed by atoms with Gasteiger partial charge in [0, 0.05) is 6.42 Å². The van der Waals surface area contributed by atoms with Crippen molar-refractivity contribution in [3.05, 3.63) is 96.6 Å². The lowest BCUT2D eigenvalue weighted by Crippen LogP contribution is -2.12. The van der Waals surface area contributed by atoms with Crippen LogP contribution in [0.2, 0.25) is 0 Å². The van der Waals surface area contributed by atoms with Crippen molar-refractivity contribution in [2.24, 2.45) is 0 Å². The highest BCUT2D eigenvalue weighted by molar-refractivity contribution is 5.25. The third-order valence-electron chi connectivity index (χ3n) is 3.58. The summed E-state index contributed by atoms with van der Waals surface area (Å²) < 4.78 is 12.0. The normalized spacial score (nSPS) is 11.7. The Bertz CT molecular complexity index is 681. The lowest BCUT2D eigenvalue weighted by atomic mass is 10.1. The van der Waals surface area contributed by atoms with E-state index in [9.17, 15) is 0 Å². The third kappa shape index (κ3) is 4.62. The number of ether oxygens (including phenoxy) is 2. The van der Waals surface area contributed by atoms with E-state index in [0.717, 1.165) is 23.5 Å². The molecule has 0 aliphatic rings. The van der Waals surface area contributed by atoms with Gasteiger partial charge in [0.1, 0.15) is 17.6 Å². The Morgan fingerprint density at radius 3 is 1.74 bits per heavy atom. The first-order valence-electron chi connectivity index (χ1n) is 7.86. The van der Waals surface area contributed by atoms with Gasteiger partial charge in [-0.15, -0.1) is 0 Å². The standard InChI is InChI=1S/C21H20O2/c1-4-10-18(11-5-1)21(23-20-14-8-3-9-15-20)16-17-22-19-12-6-2-7-13-19/h1-15,21H,16-17H2. The van der Waals surface area contributed by atoms with E-state index in [0.29, 0.717) is 6.61 Å². The van der Waals surface area contributed by atoms with Crippen LogP contribution in [0.4, 0.5) is 0 Å². The van der Waals surface area contributed by atoms with Crippen LogP contribution in [0.15, 0.2) is 91.0 Å². The third-order valence-corrected chi connectivity index (χ3v) is 3.58. The SMILES string of the molecule is c1ccc(OCCC(Oc2ccccc2)c2ccccc2)cc1. The van der Waals surface area contributed by atoms with Gasteiger partial charge in [-0.2, -0.15) is 0 Å². The van der Waals surface area contributed by atoms with E-state index in [4.69, 9.17) is 9.47 Å². The molecule has 0 heterocycles. The predicted octanol–water partition coefficient (Wildman–Crippen LogP) is 5.28. The zero-order valence-electron chi connectivity index (χ0n) is 13.0. The van der Waals surface area contributed by atoms with Crippen molar-refractivity contribution in [3.8, 4) is 11.5 Å². The summed E-state index contributed by atoms with van der Waals surface area (Å²) in [6.45, 7) is 0.608. The highest BCUT2D eigenvalue weighted by atomic mass is 16.5. The summed E-state index contributed by atoms with van der Waals surface area (Å²) in [5.74, 6) is 1.76. The van der Waals surface area contributed by atoms with Crippen molar-refractivity contribution < 1.29 is 9.47 Å². The topological polar surface area (TPSA) is 18.5 Å². The van der Waals surface area contributed by atoms with Crippen LogP contribution in [0.3, 0.4) is 0 Å². The smallest absolute Gasteiger partial charge is 0.127 e. The summed E-state index contributed by atoms with van der Waals surface area (Å²) in [5, 5.41) is 0. The Morgan fingerprint density at radius 1 is 0.609 bits per heavy atom. The van der Waals surface area contributed by atoms with E-state index in [1.54, 1.807) is 0 Å². The average Bonchev–Trinajstić information content (AvgIpc) is 2.63. The van der Waals surface area contributed by atoms with Crippen molar-refractivity contribution >= 4 is 0 Å². The molecule has 0 aromatic heterocycles. The van der Waals surface area contributed by atoms with Gasteiger partial charge in [0.2, 0.25) is 0 Å². The van der Waals surface area contributed by atoms with E-state index in [-0.39, 0.29) is 6.10 Å². The fraction of sp³-hybridized carbons (Fsp3) is 0.143. The molecule has 0 saturated carbocycles. The Morgan fingerprint density at radius 2 is 1.13 bits per heavy atom. The first kappa shape index (κ1) is 15.2. The molecule has 0 amide bonds. The van der Waals surface area contributed by atoms with Gasteiger partial charge in [0.05, 0.1) is 6.61 Å². The van der Waals surface area contributed by atoms with Gasteiger partial charge < -0.3 is 9.47 Å². The minimum Gasteiger partial charge on any atom is -0.493 e. The average molecular weight is 304 g/mol. The molecule has 23 heavy (non-hydrogen) atoms. The lowest BCUT2D eigenvalue weighted by molar-refractivity contribution is 0.163. The molecule has 116 valence electrons. The zero-order chi connectivity index (χ0) is 15.7. The maximum absolute atomic E-state index is 6.16. The van der Waals surface area contributed by atoms with E-state index in [1.165, 1.54) is 0 Å². The van der Waals surface area contributed by atoms with Crippen LogP contribution in [0.5, 0.6) is 11.5 Å².